The van der Waals surface area contributed by atoms with Crippen LogP contribution in [0.2, 0.25) is 0 Å². The van der Waals surface area contributed by atoms with E-state index in [1.807, 2.05) is 27.7 Å². The van der Waals surface area contributed by atoms with Crippen molar-refractivity contribution in [2.75, 3.05) is 0 Å². The van der Waals surface area contributed by atoms with Crippen molar-refractivity contribution in [1.29, 1.82) is 0 Å². The summed E-state index contributed by atoms with van der Waals surface area (Å²) >= 11 is 0. The van der Waals surface area contributed by atoms with E-state index in [2.05, 4.69) is 69.3 Å². The number of rotatable bonds is 2. The van der Waals surface area contributed by atoms with E-state index in [1.165, 1.54) is 22.3 Å². The minimum absolute atomic E-state index is 0.472. The monoisotopic (exact) mass is 270 g/mol. The van der Waals surface area contributed by atoms with Crippen LogP contribution in [0.5, 0.6) is 0 Å². The average Bonchev–Trinajstić information content (AvgIpc) is 2.50. The molecule has 0 heterocycles. The van der Waals surface area contributed by atoms with Crippen LogP contribution in [0.3, 0.4) is 0 Å². The molecular formula is C20H30. The molecule has 0 saturated heterocycles. The van der Waals surface area contributed by atoms with E-state index in [4.69, 9.17) is 0 Å². The van der Waals surface area contributed by atoms with Crippen molar-refractivity contribution in [2.45, 2.75) is 54.4 Å². The van der Waals surface area contributed by atoms with Gasteiger partial charge in [-0.15, -0.1) is 0 Å². The van der Waals surface area contributed by atoms with Crippen molar-refractivity contribution in [2.24, 2.45) is 0 Å². The zero-order valence-electron chi connectivity index (χ0n) is 14.2. The van der Waals surface area contributed by atoms with Gasteiger partial charge in [-0.3, -0.25) is 0 Å². The van der Waals surface area contributed by atoms with E-state index in [-0.39, 0.29) is 0 Å². The zero-order valence-corrected chi connectivity index (χ0v) is 14.2. The first kappa shape index (κ1) is 18.4. The standard InChI is InChI=1S/C16H18.2C2H6/c1-12-6-4-8-15(10-12)14(3)16-9-5-7-13(2)11-16;2*1-2/h4-11,14H,1-3H3;2*1-2H3. The molecule has 2 aromatic carbocycles. The van der Waals surface area contributed by atoms with Crippen LogP contribution in [-0.2, 0) is 0 Å². The van der Waals surface area contributed by atoms with Crippen LogP contribution in [0.1, 0.15) is 62.8 Å². The molecule has 0 radical (unpaired) electrons. The second-order valence-electron chi connectivity index (χ2n) is 4.55. The molecule has 0 spiro atoms. The highest BCUT2D eigenvalue weighted by atomic mass is 14.1. The normalized spacial score (nSPS) is 9.20. The molecule has 0 N–H and O–H groups in total. The first-order valence-corrected chi connectivity index (χ1v) is 7.80. The van der Waals surface area contributed by atoms with Crippen LogP contribution < -0.4 is 0 Å². The minimum Gasteiger partial charge on any atom is -0.0683 e. The van der Waals surface area contributed by atoms with Crippen molar-refractivity contribution in [3.63, 3.8) is 0 Å². The zero-order chi connectivity index (χ0) is 15.5. The fourth-order valence-electron chi connectivity index (χ4n) is 2.07. The molecule has 2 rings (SSSR count). The Morgan fingerprint density at radius 3 is 1.30 bits per heavy atom. The molecule has 0 saturated carbocycles. The Kier molecular flexibility index (Phi) is 9.45. The average molecular weight is 270 g/mol. The van der Waals surface area contributed by atoms with Crippen molar-refractivity contribution >= 4 is 0 Å². The fourth-order valence-corrected chi connectivity index (χ4v) is 2.07. The van der Waals surface area contributed by atoms with E-state index in [0.29, 0.717) is 5.92 Å². The van der Waals surface area contributed by atoms with E-state index >= 15 is 0 Å². The molecule has 0 fully saturated rings. The number of hydrogen-bond acceptors (Lipinski definition) is 0. The summed E-state index contributed by atoms with van der Waals surface area (Å²) in [6, 6.07) is 17.5. The number of hydrogen-bond donors (Lipinski definition) is 0. The molecule has 0 unspecified atom stereocenters. The van der Waals surface area contributed by atoms with Crippen molar-refractivity contribution in [3.8, 4) is 0 Å². The molecule has 0 aliphatic heterocycles. The third-order valence-corrected chi connectivity index (χ3v) is 3.08. The molecule has 2 aromatic rings. The van der Waals surface area contributed by atoms with Gasteiger partial charge in [-0.25, -0.2) is 0 Å². The van der Waals surface area contributed by atoms with Gasteiger partial charge in [0.25, 0.3) is 0 Å². The van der Waals surface area contributed by atoms with Crippen LogP contribution in [0.4, 0.5) is 0 Å². The highest BCUT2D eigenvalue weighted by molar-refractivity contribution is 5.35. The molecular weight excluding hydrogens is 240 g/mol. The van der Waals surface area contributed by atoms with Gasteiger partial charge in [0.15, 0.2) is 0 Å². The lowest BCUT2D eigenvalue weighted by Gasteiger charge is -2.13. The molecule has 0 aliphatic carbocycles. The summed E-state index contributed by atoms with van der Waals surface area (Å²) in [5.74, 6) is 0.472. The molecule has 0 bridgehead atoms. The maximum absolute atomic E-state index is 2.27. The van der Waals surface area contributed by atoms with Crippen LogP contribution in [0.15, 0.2) is 48.5 Å². The largest absolute Gasteiger partial charge is 0.0683 e. The van der Waals surface area contributed by atoms with E-state index in [0.717, 1.165) is 0 Å². The molecule has 0 aliphatic rings. The van der Waals surface area contributed by atoms with Crippen molar-refractivity contribution in [3.05, 3.63) is 70.8 Å². The molecule has 0 atom stereocenters. The van der Waals surface area contributed by atoms with Gasteiger partial charge < -0.3 is 0 Å². The van der Waals surface area contributed by atoms with Crippen LogP contribution in [-0.4, -0.2) is 0 Å². The van der Waals surface area contributed by atoms with Gasteiger partial charge in [0.1, 0.15) is 0 Å². The second-order valence-corrected chi connectivity index (χ2v) is 4.55. The molecule has 0 nitrogen and oxygen atoms in total. The van der Waals surface area contributed by atoms with Gasteiger partial charge >= 0.3 is 0 Å². The fraction of sp³-hybridized carbons (Fsp3) is 0.400. The van der Waals surface area contributed by atoms with E-state index in [1.54, 1.807) is 0 Å². The third-order valence-electron chi connectivity index (χ3n) is 3.08. The maximum Gasteiger partial charge on any atom is 0.00612 e. The Morgan fingerprint density at radius 1 is 0.650 bits per heavy atom. The molecule has 110 valence electrons. The quantitative estimate of drug-likeness (QED) is 0.583. The van der Waals surface area contributed by atoms with Gasteiger partial charge in [-0.2, -0.15) is 0 Å². The lowest BCUT2D eigenvalue weighted by Crippen LogP contribution is -1.96. The van der Waals surface area contributed by atoms with E-state index in [9.17, 15) is 0 Å². The van der Waals surface area contributed by atoms with Crippen LogP contribution in [0.25, 0.3) is 0 Å². The highest BCUT2D eigenvalue weighted by Crippen LogP contribution is 2.25. The second kappa shape index (κ2) is 10.3. The topological polar surface area (TPSA) is 0 Å². The third kappa shape index (κ3) is 5.61. The molecule has 0 heteroatoms. The molecule has 0 amide bonds. The summed E-state index contributed by atoms with van der Waals surface area (Å²) in [5.41, 5.74) is 5.45. The Balaban J connectivity index is 0.000000829. The summed E-state index contributed by atoms with van der Waals surface area (Å²) in [6.45, 7) is 14.6. The summed E-state index contributed by atoms with van der Waals surface area (Å²) in [6.07, 6.45) is 0. The smallest absolute Gasteiger partial charge is 0.00612 e. The molecule has 20 heavy (non-hydrogen) atoms. The van der Waals surface area contributed by atoms with Gasteiger partial charge in [0.2, 0.25) is 0 Å². The van der Waals surface area contributed by atoms with Crippen molar-refractivity contribution in [1.82, 2.24) is 0 Å². The van der Waals surface area contributed by atoms with Crippen LogP contribution >= 0.6 is 0 Å². The Morgan fingerprint density at radius 2 is 1.00 bits per heavy atom. The van der Waals surface area contributed by atoms with Gasteiger partial charge in [-0.1, -0.05) is 94.3 Å². The summed E-state index contributed by atoms with van der Waals surface area (Å²) in [4.78, 5) is 0. The van der Waals surface area contributed by atoms with Gasteiger partial charge in [0, 0.05) is 5.92 Å². The Labute approximate surface area is 125 Å². The summed E-state index contributed by atoms with van der Waals surface area (Å²) in [5, 5.41) is 0. The Bertz CT molecular complexity index is 437. The number of benzene rings is 2. The molecule has 0 aromatic heterocycles. The predicted octanol–water partition coefficient (Wildman–Crippen LogP) is 6.51. The highest BCUT2D eigenvalue weighted by Gasteiger charge is 2.07. The van der Waals surface area contributed by atoms with Gasteiger partial charge in [0.05, 0.1) is 0 Å². The maximum atomic E-state index is 2.27. The SMILES string of the molecule is CC.CC.Cc1cccc(C(C)c2cccc(C)c2)c1. The lowest BCUT2D eigenvalue weighted by molar-refractivity contribution is 0.918. The minimum atomic E-state index is 0.472. The summed E-state index contributed by atoms with van der Waals surface area (Å²) in [7, 11) is 0. The summed E-state index contributed by atoms with van der Waals surface area (Å²) < 4.78 is 0. The first-order chi connectivity index (χ1) is 9.66. The van der Waals surface area contributed by atoms with Crippen molar-refractivity contribution < 1.29 is 0 Å². The van der Waals surface area contributed by atoms with E-state index < -0.39 is 0 Å². The first-order valence-electron chi connectivity index (χ1n) is 7.80. The van der Waals surface area contributed by atoms with Crippen LogP contribution in [0, 0.1) is 13.8 Å². The lowest BCUT2D eigenvalue weighted by atomic mass is 9.91. The Hall–Kier alpha value is -1.56. The predicted molar refractivity (Wildman–Crippen MR) is 92.6 cm³/mol. The van der Waals surface area contributed by atoms with Gasteiger partial charge in [-0.05, 0) is 25.0 Å². The number of aryl methyl sites for hydroxylation is 2.